The molecular weight excluding hydrogens is 407 g/mol. The van der Waals surface area contributed by atoms with Crippen LogP contribution in [0.25, 0.3) is 17.4 Å². The summed E-state index contributed by atoms with van der Waals surface area (Å²) < 4.78 is 18.8. The molecule has 0 atom stereocenters. The molecule has 0 bridgehead atoms. The third-order valence-electron chi connectivity index (χ3n) is 4.35. The van der Waals surface area contributed by atoms with Crippen molar-refractivity contribution in [3.8, 4) is 11.3 Å². The number of nitrogens with zero attached hydrogens (tertiary/aromatic N) is 2. The summed E-state index contributed by atoms with van der Waals surface area (Å²) in [4.78, 5) is 29.9. The summed E-state index contributed by atoms with van der Waals surface area (Å²) >= 11 is 1.17. The SMILES string of the molecule is CN1C(=O)/C(=C/c2ccc(-c3ccc(F)cc3)o2)S/C1=N/c1cccc(C(=O)O)c1. The average Bonchev–Trinajstić information content (AvgIpc) is 3.30. The number of hydrogen-bond acceptors (Lipinski definition) is 5. The van der Waals surface area contributed by atoms with E-state index in [0.717, 1.165) is 5.56 Å². The van der Waals surface area contributed by atoms with Gasteiger partial charge in [0, 0.05) is 18.7 Å². The van der Waals surface area contributed by atoms with Crippen molar-refractivity contribution in [1.82, 2.24) is 4.90 Å². The number of carbonyl (C=O) groups is 2. The lowest BCUT2D eigenvalue weighted by atomic mass is 10.2. The molecule has 8 heteroatoms. The molecule has 6 nitrogen and oxygen atoms in total. The van der Waals surface area contributed by atoms with Crippen LogP contribution in [0.2, 0.25) is 0 Å². The fourth-order valence-electron chi connectivity index (χ4n) is 2.80. The zero-order chi connectivity index (χ0) is 21.3. The van der Waals surface area contributed by atoms with Crippen LogP contribution in [0, 0.1) is 5.82 Å². The van der Waals surface area contributed by atoms with Gasteiger partial charge in [-0.1, -0.05) is 6.07 Å². The molecule has 0 radical (unpaired) electrons. The first-order valence-electron chi connectivity index (χ1n) is 8.86. The lowest BCUT2D eigenvalue weighted by molar-refractivity contribution is -0.121. The number of furan rings is 1. The van der Waals surface area contributed by atoms with Crippen molar-refractivity contribution in [3.05, 3.63) is 82.7 Å². The minimum atomic E-state index is -1.05. The number of aliphatic imine (C=N–C) groups is 1. The van der Waals surface area contributed by atoms with E-state index in [1.165, 1.54) is 40.9 Å². The van der Waals surface area contributed by atoms with Gasteiger partial charge in [0.15, 0.2) is 5.17 Å². The molecule has 4 rings (SSSR count). The number of thioether (sulfide) groups is 1. The van der Waals surface area contributed by atoms with Crippen LogP contribution in [0.15, 0.2) is 75.0 Å². The molecule has 1 fully saturated rings. The summed E-state index contributed by atoms with van der Waals surface area (Å²) in [5.74, 6) is -0.578. The number of aromatic carboxylic acids is 1. The lowest BCUT2D eigenvalue weighted by Crippen LogP contribution is -2.23. The smallest absolute Gasteiger partial charge is 0.335 e. The van der Waals surface area contributed by atoms with Crippen molar-refractivity contribution < 1.29 is 23.5 Å². The van der Waals surface area contributed by atoms with E-state index < -0.39 is 5.97 Å². The minimum absolute atomic E-state index is 0.119. The van der Waals surface area contributed by atoms with Crippen molar-refractivity contribution in [1.29, 1.82) is 0 Å². The molecule has 1 saturated heterocycles. The number of rotatable bonds is 4. The topological polar surface area (TPSA) is 83.1 Å². The highest BCUT2D eigenvalue weighted by atomic mass is 32.2. The van der Waals surface area contributed by atoms with Gasteiger partial charge in [0.05, 0.1) is 16.2 Å². The molecule has 0 spiro atoms. The second-order valence-electron chi connectivity index (χ2n) is 6.43. The number of carboxylic acids is 1. The molecule has 2 aromatic carbocycles. The van der Waals surface area contributed by atoms with E-state index in [9.17, 15) is 14.0 Å². The van der Waals surface area contributed by atoms with Gasteiger partial charge in [-0.2, -0.15) is 0 Å². The average molecular weight is 422 g/mol. The number of likely N-dealkylation sites (N-methyl/N-ethyl adjacent to an activating group) is 1. The first-order valence-corrected chi connectivity index (χ1v) is 9.68. The van der Waals surface area contributed by atoms with E-state index in [0.29, 0.717) is 27.3 Å². The Labute approximate surface area is 175 Å². The number of amidine groups is 1. The maximum absolute atomic E-state index is 13.1. The Balaban J connectivity index is 1.58. The van der Waals surface area contributed by atoms with Crippen molar-refractivity contribution in [2.24, 2.45) is 4.99 Å². The highest BCUT2D eigenvalue weighted by Gasteiger charge is 2.30. The molecule has 0 unspecified atom stereocenters. The Kier molecular flexibility index (Phi) is 5.24. The Morgan fingerprint density at radius 2 is 1.93 bits per heavy atom. The van der Waals surface area contributed by atoms with Gasteiger partial charge < -0.3 is 9.52 Å². The Hall–Kier alpha value is -3.65. The standard InChI is InChI=1S/C22H15FN2O4S/c1-25-20(26)19(30-22(25)24-16-4-2-3-14(11-16)21(27)28)12-17-9-10-18(29-17)13-5-7-15(23)8-6-13/h2-12H,1H3,(H,27,28)/b19-12-,24-22+. The highest BCUT2D eigenvalue weighted by Crippen LogP contribution is 2.34. The van der Waals surface area contributed by atoms with E-state index in [4.69, 9.17) is 9.52 Å². The van der Waals surface area contributed by atoms with Crippen molar-refractivity contribution >= 4 is 40.6 Å². The van der Waals surface area contributed by atoms with Crippen molar-refractivity contribution in [2.45, 2.75) is 0 Å². The summed E-state index contributed by atoms with van der Waals surface area (Å²) in [6, 6.07) is 15.6. The first-order chi connectivity index (χ1) is 14.4. The third kappa shape index (κ3) is 4.04. The number of carbonyl (C=O) groups excluding carboxylic acids is 1. The van der Waals surface area contributed by atoms with Gasteiger partial charge in [-0.25, -0.2) is 14.2 Å². The largest absolute Gasteiger partial charge is 0.478 e. The maximum atomic E-state index is 13.1. The molecule has 1 aliphatic rings. The third-order valence-corrected chi connectivity index (χ3v) is 5.41. The van der Waals surface area contributed by atoms with Gasteiger partial charge in [-0.15, -0.1) is 0 Å². The van der Waals surface area contributed by atoms with Crippen LogP contribution < -0.4 is 0 Å². The maximum Gasteiger partial charge on any atom is 0.335 e. The van der Waals surface area contributed by atoms with Crippen LogP contribution in [-0.2, 0) is 4.79 Å². The van der Waals surface area contributed by atoms with Crippen LogP contribution in [-0.4, -0.2) is 34.1 Å². The van der Waals surface area contributed by atoms with E-state index in [1.54, 1.807) is 49.5 Å². The number of carboxylic acid groups (broad SMARTS) is 1. The summed E-state index contributed by atoms with van der Waals surface area (Å²) in [6.45, 7) is 0. The molecule has 1 aromatic heterocycles. The van der Waals surface area contributed by atoms with Crippen LogP contribution in [0.5, 0.6) is 0 Å². The number of benzene rings is 2. The van der Waals surface area contributed by atoms with Gasteiger partial charge in [-0.05, 0) is 66.4 Å². The first kappa shape index (κ1) is 19.7. The van der Waals surface area contributed by atoms with E-state index in [1.807, 2.05) is 0 Å². The van der Waals surface area contributed by atoms with E-state index in [-0.39, 0.29) is 17.3 Å². The summed E-state index contributed by atoms with van der Waals surface area (Å²) in [5, 5.41) is 9.54. The van der Waals surface area contributed by atoms with Crippen molar-refractivity contribution in [2.75, 3.05) is 7.05 Å². The van der Waals surface area contributed by atoms with Crippen LogP contribution in [0.1, 0.15) is 16.1 Å². The second-order valence-corrected chi connectivity index (χ2v) is 7.44. The Bertz CT molecular complexity index is 1200. The molecule has 0 aliphatic carbocycles. The zero-order valence-corrected chi connectivity index (χ0v) is 16.5. The number of amides is 1. The second kappa shape index (κ2) is 8.00. The molecule has 1 aliphatic heterocycles. The lowest BCUT2D eigenvalue weighted by Gasteiger charge is -2.07. The fourth-order valence-corrected chi connectivity index (χ4v) is 3.77. The normalized spacial score (nSPS) is 16.6. The van der Waals surface area contributed by atoms with E-state index >= 15 is 0 Å². The Morgan fingerprint density at radius 1 is 1.17 bits per heavy atom. The summed E-state index contributed by atoms with van der Waals surface area (Å²) in [5.41, 5.74) is 1.28. The summed E-state index contributed by atoms with van der Waals surface area (Å²) in [7, 11) is 1.60. The molecule has 1 amide bonds. The number of halogens is 1. The van der Waals surface area contributed by atoms with Gasteiger partial charge in [0.1, 0.15) is 17.3 Å². The van der Waals surface area contributed by atoms with Gasteiger partial charge >= 0.3 is 5.97 Å². The molecular formula is C22H15FN2O4S. The molecule has 0 saturated carbocycles. The monoisotopic (exact) mass is 422 g/mol. The molecule has 2 heterocycles. The van der Waals surface area contributed by atoms with Gasteiger partial charge in [-0.3, -0.25) is 9.69 Å². The molecule has 3 aromatic rings. The number of hydrogen-bond donors (Lipinski definition) is 1. The van der Waals surface area contributed by atoms with Crippen LogP contribution in [0.3, 0.4) is 0 Å². The predicted octanol–water partition coefficient (Wildman–Crippen LogP) is 5.02. The minimum Gasteiger partial charge on any atom is -0.478 e. The van der Waals surface area contributed by atoms with Gasteiger partial charge in [0.2, 0.25) is 0 Å². The summed E-state index contributed by atoms with van der Waals surface area (Å²) in [6.07, 6.45) is 1.62. The zero-order valence-electron chi connectivity index (χ0n) is 15.7. The van der Waals surface area contributed by atoms with E-state index in [2.05, 4.69) is 4.99 Å². The fraction of sp³-hybridized carbons (Fsp3) is 0.0455. The van der Waals surface area contributed by atoms with Crippen LogP contribution >= 0.6 is 11.8 Å². The predicted molar refractivity (Wildman–Crippen MR) is 113 cm³/mol. The molecule has 30 heavy (non-hydrogen) atoms. The van der Waals surface area contributed by atoms with Crippen molar-refractivity contribution in [3.63, 3.8) is 0 Å². The Morgan fingerprint density at radius 3 is 2.67 bits per heavy atom. The van der Waals surface area contributed by atoms with Crippen LogP contribution in [0.4, 0.5) is 10.1 Å². The van der Waals surface area contributed by atoms with Gasteiger partial charge in [0.25, 0.3) is 5.91 Å². The highest BCUT2D eigenvalue weighted by molar-refractivity contribution is 8.18. The molecule has 150 valence electrons. The quantitative estimate of drug-likeness (QED) is 0.597. The molecule has 1 N–H and O–H groups in total.